The molecule has 0 aliphatic heterocycles. The number of carboxylic acids is 1. The summed E-state index contributed by atoms with van der Waals surface area (Å²) in [5.74, 6) is -0.482. The summed E-state index contributed by atoms with van der Waals surface area (Å²) in [4.78, 5) is 23.2. The number of hydrogen-bond acceptors (Lipinski definition) is 3. The first-order chi connectivity index (χ1) is 11.1. The zero-order valence-corrected chi connectivity index (χ0v) is 13.9. The monoisotopic (exact) mass is 331 g/mol. The van der Waals surface area contributed by atoms with Gasteiger partial charge in [0.05, 0.1) is 0 Å². The van der Waals surface area contributed by atoms with Crippen LogP contribution in [0.15, 0.2) is 42.5 Å². The van der Waals surface area contributed by atoms with E-state index in [1.54, 1.807) is 11.8 Å². The Morgan fingerprint density at radius 2 is 1.91 bits per heavy atom. The second kappa shape index (κ2) is 8.58. The van der Waals surface area contributed by atoms with Crippen LogP contribution < -0.4 is 5.32 Å². The summed E-state index contributed by atoms with van der Waals surface area (Å²) in [6.45, 7) is 0. The first-order valence-electron chi connectivity index (χ1n) is 7.59. The number of fused-ring (bicyclic) bond motifs is 1. The summed E-state index contributed by atoms with van der Waals surface area (Å²) in [6.07, 6.45) is 3.25. The Kier molecular flexibility index (Phi) is 6.47. The highest BCUT2D eigenvalue weighted by Crippen LogP contribution is 2.19. The Labute approximate surface area is 140 Å². The maximum Gasteiger partial charge on any atom is 0.326 e. The Hall–Kier alpha value is -2.01. The molecule has 0 saturated heterocycles. The van der Waals surface area contributed by atoms with E-state index in [0.717, 1.165) is 16.3 Å². The normalized spacial score (nSPS) is 12.0. The summed E-state index contributed by atoms with van der Waals surface area (Å²) in [5, 5.41) is 14.1. The molecule has 1 atom stereocenters. The minimum absolute atomic E-state index is 0.216. The number of hydrogen-bond donors (Lipinski definition) is 2. The molecule has 0 aliphatic rings. The molecule has 0 unspecified atom stereocenters. The van der Waals surface area contributed by atoms with Crippen LogP contribution in [0, 0.1) is 0 Å². The van der Waals surface area contributed by atoms with Gasteiger partial charge in [0.15, 0.2) is 0 Å². The van der Waals surface area contributed by atoms with Crippen molar-refractivity contribution in [1.29, 1.82) is 0 Å². The fourth-order valence-corrected chi connectivity index (χ4v) is 2.99. The van der Waals surface area contributed by atoms with Gasteiger partial charge in [-0.1, -0.05) is 42.5 Å². The van der Waals surface area contributed by atoms with E-state index in [2.05, 4.69) is 5.32 Å². The van der Waals surface area contributed by atoms with Crippen LogP contribution >= 0.6 is 11.8 Å². The number of carbonyl (C=O) groups is 2. The van der Waals surface area contributed by atoms with Crippen molar-refractivity contribution in [3.05, 3.63) is 48.0 Å². The van der Waals surface area contributed by atoms with E-state index in [1.165, 1.54) is 0 Å². The van der Waals surface area contributed by atoms with E-state index in [4.69, 9.17) is 5.11 Å². The minimum atomic E-state index is -0.974. The van der Waals surface area contributed by atoms with Gasteiger partial charge >= 0.3 is 5.97 Å². The molecule has 23 heavy (non-hydrogen) atoms. The molecule has 2 aromatic rings. The zero-order chi connectivity index (χ0) is 16.7. The van der Waals surface area contributed by atoms with E-state index in [-0.39, 0.29) is 12.3 Å². The number of carboxylic acid groups (broad SMARTS) is 1. The molecule has 0 spiro atoms. The zero-order valence-electron chi connectivity index (χ0n) is 13.1. The van der Waals surface area contributed by atoms with Crippen molar-refractivity contribution in [3.63, 3.8) is 0 Å². The number of thioether (sulfide) groups is 1. The van der Waals surface area contributed by atoms with Crippen molar-refractivity contribution in [2.24, 2.45) is 0 Å². The van der Waals surface area contributed by atoms with E-state index in [1.807, 2.05) is 48.7 Å². The van der Waals surface area contributed by atoms with Gasteiger partial charge in [-0.25, -0.2) is 4.79 Å². The minimum Gasteiger partial charge on any atom is -0.480 e. The topological polar surface area (TPSA) is 66.4 Å². The molecule has 122 valence electrons. The lowest BCUT2D eigenvalue weighted by molar-refractivity contribution is -0.141. The van der Waals surface area contributed by atoms with Crippen LogP contribution in [-0.2, 0) is 16.0 Å². The maximum absolute atomic E-state index is 12.0. The van der Waals surface area contributed by atoms with E-state index in [9.17, 15) is 9.59 Å². The molecule has 0 saturated carbocycles. The van der Waals surface area contributed by atoms with Gasteiger partial charge in [0.25, 0.3) is 0 Å². The molecule has 0 radical (unpaired) electrons. The lowest BCUT2D eigenvalue weighted by atomic mass is 10.0. The molecule has 2 rings (SSSR count). The fourth-order valence-electron chi connectivity index (χ4n) is 2.52. The third kappa shape index (κ3) is 4.99. The van der Waals surface area contributed by atoms with Crippen LogP contribution in [0.5, 0.6) is 0 Å². The number of nitrogens with one attached hydrogen (secondary N) is 1. The van der Waals surface area contributed by atoms with Crippen molar-refractivity contribution in [2.45, 2.75) is 25.3 Å². The summed E-state index contributed by atoms with van der Waals surface area (Å²) in [6, 6.07) is 13.3. The summed E-state index contributed by atoms with van der Waals surface area (Å²) in [5.41, 5.74) is 1.11. The Morgan fingerprint density at radius 3 is 2.65 bits per heavy atom. The number of aliphatic carboxylic acids is 1. The number of carbonyl (C=O) groups excluding carboxylic acids is 1. The number of aryl methyl sites for hydroxylation is 1. The molecule has 0 aromatic heterocycles. The average Bonchev–Trinajstić information content (AvgIpc) is 2.56. The molecule has 0 aliphatic carbocycles. The number of amides is 1. The molecule has 5 heteroatoms. The molecule has 0 bridgehead atoms. The summed E-state index contributed by atoms with van der Waals surface area (Å²) in [7, 11) is 0. The van der Waals surface area contributed by atoms with E-state index < -0.39 is 12.0 Å². The third-order valence-electron chi connectivity index (χ3n) is 3.75. The Bertz CT molecular complexity index is 682. The van der Waals surface area contributed by atoms with Gasteiger partial charge in [-0.05, 0) is 41.2 Å². The van der Waals surface area contributed by atoms with Gasteiger partial charge in [-0.2, -0.15) is 11.8 Å². The quantitative estimate of drug-likeness (QED) is 0.780. The van der Waals surface area contributed by atoms with Gasteiger partial charge < -0.3 is 10.4 Å². The molecular formula is C18H21NO3S. The van der Waals surface area contributed by atoms with Crippen LogP contribution in [0.4, 0.5) is 0 Å². The first kappa shape index (κ1) is 17.3. The molecule has 0 fully saturated rings. The van der Waals surface area contributed by atoms with Crippen LogP contribution in [0.2, 0.25) is 0 Å². The molecular weight excluding hydrogens is 310 g/mol. The molecule has 2 aromatic carbocycles. The van der Waals surface area contributed by atoms with Gasteiger partial charge in [0.1, 0.15) is 6.04 Å². The van der Waals surface area contributed by atoms with E-state index in [0.29, 0.717) is 18.6 Å². The van der Waals surface area contributed by atoms with E-state index >= 15 is 0 Å². The summed E-state index contributed by atoms with van der Waals surface area (Å²) < 4.78 is 0. The average molecular weight is 331 g/mol. The fraction of sp³-hybridized carbons (Fsp3) is 0.333. The second-order valence-corrected chi connectivity index (χ2v) is 6.36. The first-order valence-corrected chi connectivity index (χ1v) is 8.99. The number of benzene rings is 2. The van der Waals surface area contributed by atoms with Crippen molar-refractivity contribution in [3.8, 4) is 0 Å². The van der Waals surface area contributed by atoms with Crippen LogP contribution in [-0.4, -0.2) is 35.0 Å². The molecule has 1 amide bonds. The molecule has 0 heterocycles. The second-order valence-electron chi connectivity index (χ2n) is 5.38. The standard InChI is InChI=1S/C18H21NO3S/c1-23-12-11-16(18(21)22)19-17(20)10-9-14-7-4-6-13-5-2-3-8-15(13)14/h2-8,16H,9-12H2,1H3,(H,19,20)(H,21,22)/t16-/m0/s1. The SMILES string of the molecule is CSCC[C@H](NC(=O)CCc1cccc2ccccc12)C(=O)O. The molecule has 4 nitrogen and oxygen atoms in total. The highest BCUT2D eigenvalue weighted by Gasteiger charge is 2.19. The van der Waals surface area contributed by atoms with Crippen LogP contribution in [0.25, 0.3) is 10.8 Å². The van der Waals surface area contributed by atoms with Crippen LogP contribution in [0.1, 0.15) is 18.4 Å². The van der Waals surface area contributed by atoms with Crippen molar-refractivity contribution in [1.82, 2.24) is 5.32 Å². The third-order valence-corrected chi connectivity index (χ3v) is 4.39. The maximum atomic E-state index is 12.0. The smallest absolute Gasteiger partial charge is 0.326 e. The largest absolute Gasteiger partial charge is 0.480 e. The van der Waals surface area contributed by atoms with Crippen LogP contribution in [0.3, 0.4) is 0 Å². The highest BCUT2D eigenvalue weighted by atomic mass is 32.2. The predicted molar refractivity (Wildman–Crippen MR) is 94.8 cm³/mol. The van der Waals surface area contributed by atoms with Crippen molar-refractivity contribution >= 4 is 34.4 Å². The van der Waals surface area contributed by atoms with Crippen molar-refractivity contribution in [2.75, 3.05) is 12.0 Å². The summed E-state index contributed by atoms with van der Waals surface area (Å²) >= 11 is 1.57. The Morgan fingerprint density at radius 1 is 1.17 bits per heavy atom. The van der Waals surface area contributed by atoms with Gasteiger partial charge in [-0.15, -0.1) is 0 Å². The predicted octanol–water partition coefficient (Wildman–Crippen LogP) is 3.09. The lowest BCUT2D eigenvalue weighted by Crippen LogP contribution is -2.41. The molecule has 2 N–H and O–H groups in total. The highest BCUT2D eigenvalue weighted by molar-refractivity contribution is 7.98. The van der Waals surface area contributed by atoms with Gasteiger partial charge in [-0.3, -0.25) is 4.79 Å². The van der Waals surface area contributed by atoms with Gasteiger partial charge in [0.2, 0.25) is 5.91 Å². The van der Waals surface area contributed by atoms with Crippen molar-refractivity contribution < 1.29 is 14.7 Å². The lowest BCUT2D eigenvalue weighted by Gasteiger charge is -2.14. The van der Waals surface area contributed by atoms with Gasteiger partial charge in [0, 0.05) is 6.42 Å². The Balaban J connectivity index is 1.96. The number of rotatable bonds is 8.